The number of aliphatic hydroxyl groups excluding tert-OH is 1. The first kappa shape index (κ1) is 15.9. The molecule has 8 heteroatoms. The first-order valence-corrected chi connectivity index (χ1v) is 7.35. The zero-order chi connectivity index (χ0) is 14.9. The topological polar surface area (TPSA) is 92.5 Å². The maximum absolute atomic E-state index is 11.9. The van der Waals surface area contributed by atoms with E-state index in [1.165, 1.54) is 0 Å². The maximum atomic E-state index is 11.9. The Morgan fingerprint density at radius 3 is 3.00 bits per heavy atom. The van der Waals surface area contributed by atoms with Crippen LogP contribution in [0, 0.1) is 0 Å². The van der Waals surface area contributed by atoms with Gasteiger partial charge in [0, 0.05) is 51.9 Å². The molecule has 0 spiro atoms. The van der Waals surface area contributed by atoms with E-state index < -0.39 is 0 Å². The molecule has 0 atom stereocenters. The fourth-order valence-electron chi connectivity index (χ4n) is 2.14. The van der Waals surface area contributed by atoms with E-state index in [9.17, 15) is 4.79 Å². The van der Waals surface area contributed by atoms with E-state index >= 15 is 0 Å². The summed E-state index contributed by atoms with van der Waals surface area (Å²) >= 11 is 0. The normalized spacial score (nSPS) is 15.4. The van der Waals surface area contributed by atoms with Gasteiger partial charge < -0.3 is 20.1 Å². The van der Waals surface area contributed by atoms with E-state index in [4.69, 9.17) is 9.84 Å². The van der Waals surface area contributed by atoms with Crippen LogP contribution in [0.3, 0.4) is 0 Å². The van der Waals surface area contributed by atoms with Crippen LogP contribution >= 0.6 is 0 Å². The first-order chi connectivity index (χ1) is 10.3. The molecule has 1 aromatic rings. The second-order valence-corrected chi connectivity index (χ2v) is 4.97. The van der Waals surface area contributed by atoms with Gasteiger partial charge in [0.25, 0.3) is 0 Å². The van der Waals surface area contributed by atoms with Crippen LogP contribution in [0.25, 0.3) is 0 Å². The highest BCUT2D eigenvalue weighted by Gasteiger charge is 2.15. The van der Waals surface area contributed by atoms with Crippen molar-refractivity contribution in [2.24, 2.45) is 0 Å². The number of hydrogen-bond acceptors (Lipinski definition) is 6. The van der Waals surface area contributed by atoms with Crippen molar-refractivity contribution in [1.82, 2.24) is 25.2 Å². The van der Waals surface area contributed by atoms with Crippen LogP contribution in [-0.2, 0) is 22.6 Å². The van der Waals surface area contributed by atoms with Crippen LogP contribution in [0.4, 0.5) is 0 Å². The molecule has 2 heterocycles. The van der Waals surface area contributed by atoms with Crippen molar-refractivity contribution in [2.45, 2.75) is 25.9 Å². The van der Waals surface area contributed by atoms with Gasteiger partial charge in [0.05, 0.1) is 18.9 Å². The lowest BCUT2D eigenvalue weighted by Gasteiger charge is -2.26. The van der Waals surface area contributed by atoms with Gasteiger partial charge in [-0.1, -0.05) is 5.21 Å². The molecule has 1 saturated heterocycles. The quantitative estimate of drug-likeness (QED) is 0.598. The molecule has 0 saturated carbocycles. The third-order valence-electron chi connectivity index (χ3n) is 3.32. The zero-order valence-electron chi connectivity index (χ0n) is 12.2. The molecule has 0 radical (unpaired) electrons. The predicted octanol–water partition coefficient (Wildman–Crippen LogP) is -1.00. The van der Waals surface area contributed by atoms with Crippen LogP contribution in [0.2, 0.25) is 0 Å². The summed E-state index contributed by atoms with van der Waals surface area (Å²) in [4.78, 5) is 13.7. The summed E-state index contributed by atoms with van der Waals surface area (Å²) < 4.78 is 6.94. The van der Waals surface area contributed by atoms with Gasteiger partial charge in [-0.2, -0.15) is 0 Å². The summed E-state index contributed by atoms with van der Waals surface area (Å²) in [6.07, 6.45) is 3.01. The molecule has 1 aliphatic heterocycles. The van der Waals surface area contributed by atoms with Crippen molar-refractivity contribution in [2.75, 3.05) is 39.5 Å². The number of nitrogens with one attached hydrogen (secondary N) is 1. The van der Waals surface area contributed by atoms with Crippen LogP contribution < -0.4 is 5.32 Å². The summed E-state index contributed by atoms with van der Waals surface area (Å²) in [6.45, 7) is 4.69. The molecule has 21 heavy (non-hydrogen) atoms. The summed E-state index contributed by atoms with van der Waals surface area (Å²) in [6, 6.07) is 0. The van der Waals surface area contributed by atoms with Crippen LogP contribution in [0.1, 0.15) is 18.5 Å². The molecule has 0 bridgehead atoms. The van der Waals surface area contributed by atoms with Gasteiger partial charge in [-0.05, 0) is 6.42 Å². The Hall–Kier alpha value is -1.51. The lowest BCUT2D eigenvalue weighted by Crippen LogP contribution is -2.41. The molecule has 1 amide bonds. The summed E-state index contributed by atoms with van der Waals surface area (Å²) in [5.74, 6) is 0.164. The number of amides is 1. The molecular formula is C13H23N5O3. The average Bonchev–Trinajstić information content (AvgIpc) is 2.98. The lowest BCUT2D eigenvalue weighted by atomic mass is 10.3. The van der Waals surface area contributed by atoms with Crippen molar-refractivity contribution < 1.29 is 14.6 Å². The van der Waals surface area contributed by atoms with Crippen molar-refractivity contribution in [3.05, 3.63) is 11.9 Å². The molecule has 1 aliphatic rings. The second kappa shape index (κ2) is 8.71. The molecule has 1 aromatic heterocycles. The number of hydrogen-bond donors (Lipinski definition) is 2. The Bertz CT molecular complexity index is 431. The summed E-state index contributed by atoms with van der Waals surface area (Å²) in [7, 11) is 0. The number of carbonyl (C=O) groups excluding carboxylic acids is 1. The fourth-order valence-corrected chi connectivity index (χ4v) is 2.14. The number of ether oxygens (including phenoxy) is 1. The average molecular weight is 297 g/mol. The highest BCUT2D eigenvalue weighted by molar-refractivity contribution is 5.76. The van der Waals surface area contributed by atoms with E-state index in [0.29, 0.717) is 58.8 Å². The van der Waals surface area contributed by atoms with Crippen molar-refractivity contribution in [1.29, 1.82) is 0 Å². The van der Waals surface area contributed by atoms with Crippen molar-refractivity contribution in [3.8, 4) is 0 Å². The number of aryl methyl sites for hydroxylation is 1. The lowest BCUT2D eigenvalue weighted by molar-refractivity contribution is -0.135. The Kier molecular flexibility index (Phi) is 6.58. The Balaban J connectivity index is 1.60. The molecule has 118 valence electrons. The summed E-state index contributed by atoms with van der Waals surface area (Å²) in [5, 5.41) is 19.9. The predicted molar refractivity (Wildman–Crippen MR) is 75.4 cm³/mol. The smallest absolute Gasteiger partial charge is 0.224 e. The molecule has 8 nitrogen and oxygen atoms in total. The summed E-state index contributed by atoms with van der Waals surface area (Å²) in [5.41, 5.74) is 0.840. The number of carbonyl (C=O) groups is 1. The molecule has 2 rings (SSSR count). The Labute approximate surface area is 124 Å². The van der Waals surface area contributed by atoms with E-state index in [1.807, 2.05) is 11.1 Å². The highest BCUT2D eigenvalue weighted by Crippen LogP contribution is 2.00. The minimum Gasteiger partial charge on any atom is -0.396 e. The number of rotatable bonds is 8. The van der Waals surface area contributed by atoms with E-state index in [1.54, 1.807) is 4.68 Å². The molecule has 0 aliphatic carbocycles. The third-order valence-corrected chi connectivity index (χ3v) is 3.32. The van der Waals surface area contributed by atoms with Gasteiger partial charge in [0.2, 0.25) is 5.91 Å². The molecular weight excluding hydrogens is 274 g/mol. The highest BCUT2D eigenvalue weighted by atomic mass is 16.5. The monoisotopic (exact) mass is 297 g/mol. The van der Waals surface area contributed by atoms with Gasteiger partial charge in [-0.25, -0.2) is 0 Å². The SMILES string of the molecule is O=C(CCNCc1cn(CCCO)nn1)N1CCOCC1. The fraction of sp³-hybridized carbons (Fsp3) is 0.769. The van der Waals surface area contributed by atoms with Crippen LogP contribution in [0.5, 0.6) is 0 Å². The third kappa shape index (κ3) is 5.41. The largest absolute Gasteiger partial charge is 0.396 e. The van der Waals surface area contributed by atoms with Gasteiger partial charge in [-0.3, -0.25) is 9.48 Å². The van der Waals surface area contributed by atoms with Crippen molar-refractivity contribution >= 4 is 5.91 Å². The van der Waals surface area contributed by atoms with Crippen LogP contribution in [0.15, 0.2) is 6.20 Å². The van der Waals surface area contributed by atoms with Gasteiger partial charge in [-0.15, -0.1) is 5.10 Å². The van der Waals surface area contributed by atoms with Gasteiger partial charge >= 0.3 is 0 Å². The molecule has 0 aromatic carbocycles. The molecule has 0 unspecified atom stereocenters. The molecule has 1 fully saturated rings. The Morgan fingerprint density at radius 1 is 1.43 bits per heavy atom. The number of nitrogens with zero attached hydrogens (tertiary/aromatic N) is 4. The minimum absolute atomic E-state index is 0.150. The first-order valence-electron chi connectivity index (χ1n) is 7.35. The van der Waals surface area contributed by atoms with Crippen LogP contribution in [-0.4, -0.2) is 70.4 Å². The maximum Gasteiger partial charge on any atom is 0.224 e. The van der Waals surface area contributed by atoms with E-state index in [2.05, 4.69) is 15.6 Å². The standard InChI is InChI=1S/C13H23N5O3/c19-7-1-4-18-11-12(15-16-18)10-14-3-2-13(20)17-5-8-21-9-6-17/h11,14,19H,1-10H2. The second-order valence-electron chi connectivity index (χ2n) is 4.97. The zero-order valence-corrected chi connectivity index (χ0v) is 12.2. The van der Waals surface area contributed by atoms with E-state index in [0.717, 1.165) is 5.69 Å². The number of morpholine rings is 1. The minimum atomic E-state index is 0.150. The Morgan fingerprint density at radius 2 is 2.24 bits per heavy atom. The van der Waals surface area contributed by atoms with Gasteiger partial charge in [0.15, 0.2) is 0 Å². The number of aliphatic hydroxyl groups is 1. The number of aromatic nitrogens is 3. The molecule has 2 N–H and O–H groups in total. The van der Waals surface area contributed by atoms with Crippen molar-refractivity contribution in [3.63, 3.8) is 0 Å². The van der Waals surface area contributed by atoms with E-state index in [-0.39, 0.29) is 12.5 Å². The van der Waals surface area contributed by atoms with Gasteiger partial charge in [0.1, 0.15) is 0 Å².